The average Bonchev–Trinajstić information content (AvgIpc) is 1.30. The Hall–Kier alpha value is -7.83. The van der Waals surface area contributed by atoms with Crippen LogP contribution in [0.25, 0.3) is 0 Å². The molecule has 2 heterocycles. The molecule has 2 atom stereocenters. The SMILES string of the molecule is CC[C@@H](N(NC(=O)c1ccc(C=O)c(B2OC(C)(C)C(C)(C)O2)c1)C(=O)c1cc(C)cc(C)c1)C(C)(C)C.CC[C@@H](N(NC(=O)c1ccc2c(c1)B(O)N(S(=O)(=O)c1ccc(C)cc1)N=C2)C(=O)c1cc(C)cc(C)c1)C(C)(C)C.Cc1ccc(S(=O)(=O)NN)cc1. The molecular weight excluding hydrogens is 1210 g/mol. The zero-order valence-electron chi connectivity index (χ0n) is 56.0. The van der Waals surface area contributed by atoms with Crippen molar-refractivity contribution in [3.8, 4) is 0 Å². The lowest BCUT2D eigenvalue weighted by Crippen LogP contribution is -2.56. The molecule has 8 rings (SSSR count). The number of hydrogen-bond acceptors (Lipinski definition) is 14. The molecule has 0 unspecified atom stereocenters. The van der Waals surface area contributed by atoms with Crippen molar-refractivity contribution >= 4 is 81.3 Å². The lowest BCUT2D eigenvalue weighted by molar-refractivity contribution is 0.00578. The van der Waals surface area contributed by atoms with Crippen LogP contribution in [0.3, 0.4) is 0 Å². The third-order valence-electron chi connectivity index (χ3n) is 16.4. The molecule has 4 amide bonds. The molecule has 0 radical (unpaired) electrons. The monoisotopic (exact) mass is 1290 g/mol. The first-order chi connectivity index (χ1) is 42.7. The highest BCUT2D eigenvalue weighted by molar-refractivity contribution is 7.90. The molecule has 20 nitrogen and oxygen atoms in total. The van der Waals surface area contributed by atoms with Crippen LogP contribution >= 0.6 is 0 Å². The summed E-state index contributed by atoms with van der Waals surface area (Å²) >= 11 is 0. The summed E-state index contributed by atoms with van der Waals surface area (Å²) in [6, 6.07) is 32.6. The highest BCUT2D eigenvalue weighted by atomic mass is 32.2. The lowest BCUT2D eigenvalue weighted by Gasteiger charge is -2.39. The number of amides is 4. The van der Waals surface area contributed by atoms with Gasteiger partial charge in [-0.05, 0) is 182 Å². The number of hydrazone groups is 1. The van der Waals surface area contributed by atoms with Crippen molar-refractivity contribution in [3.05, 3.63) is 188 Å². The van der Waals surface area contributed by atoms with Crippen LogP contribution in [-0.2, 0) is 29.4 Å². The van der Waals surface area contributed by atoms with E-state index in [2.05, 4.69) is 16.0 Å². The van der Waals surface area contributed by atoms with Gasteiger partial charge in [0.25, 0.3) is 43.7 Å². The molecule has 0 bridgehead atoms. The summed E-state index contributed by atoms with van der Waals surface area (Å²) in [4.78, 5) is 68.7. The van der Waals surface area contributed by atoms with Gasteiger partial charge in [0.15, 0.2) is 0 Å². The van der Waals surface area contributed by atoms with Crippen molar-refractivity contribution in [2.45, 2.75) is 171 Å². The van der Waals surface area contributed by atoms with E-state index in [0.29, 0.717) is 50.4 Å². The fourth-order valence-corrected chi connectivity index (χ4v) is 12.8. The molecule has 6 aromatic carbocycles. The number of aryl methyl sites for hydroxylation is 6. The number of carbonyl (C=O) groups excluding carboxylic acids is 5. The van der Waals surface area contributed by atoms with Crippen molar-refractivity contribution in [2.75, 3.05) is 0 Å². The van der Waals surface area contributed by atoms with E-state index in [4.69, 9.17) is 15.2 Å². The van der Waals surface area contributed by atoms with Crippen molar-refractivity contribution in [1.82, 2.24) is 30.0 Å². The molecule has 0 aliphatic carbocycles. The van der Waals surface area contributed by atoms with Crippen LogP contribution in [0.2, 0.25) is 0 Å². The van der Waals surface area contributed by atoms with Crippen molar-refractivity contribution < 1.29 is 55.1 Å². The highest BCUT2D eigenvalue weighted by Gasteiger charge is 2.52. The number of aldehydes is 1. The zero-order chi connectivity index (χ0) is 68.8. The maximum atomic E-state index is 13.8. The first-order valence-corrected chi connectivity index (χ1v) is 33.3. The molecule has 6 aromatic rings. The van der Waals surface area contributed by atoms with E-state index < -0.39 is 57.2 Å². The molecular formula is C68H88B2N8O12S2. The van der Waals surface area contributed by atoms with Gasteiger partial charge >= 0.3 is 14.2 Å². The second kappa shape index (κ2) is 29.0. The fraction of sp³-hybridized carbons (Fsp3) is 0.382. The topological polar surface area (TPSA) is 277 Å². The van der Waals surface area contributed by atoms with E-state index >= 15 is 0 Å². The minimum absolute atomic E-state index is 0.0185. The Bertz CT molecular complexity index is 3920. The van der Waals surface area contributed by atoms with Gasteiger partial charge in [0.05, 0.1) is 39.3 Å². The number of nitrogens with two attached hydrogens (primary N) is 1. The third kappa shape index (κ3) is 17.2. The summed E-state index contributed by atoms with van der Waals surface area (Å²) in [5, 5.41) is 18.0. The lowest BCUT2D eigenvalue weighted by atomic mass is 9.71. The zero-order valence-corrected chi connectivity index (χ0v) is 57.7. The van der Waals surface area contributed by atoms with Crippen LogP contribution in [-0.4, -0.2) is 110 Å². The second-order valence-corrected chi connectivity index (χ2v) is 30.1. The summed E-state index contributed by atoms with van der Waals surface area (Å²) < 4.78 is 61.6. The van der Waals surface area contributed by atoms with Gasteiger partial charge in [0, 0.05) is 27.8 Å². The van der Waals surface area contributed by atoms with Crippen LogP contribution in [0.5, 0.6) is 0 Å². The molecule has 1 saturated heterocycles. The van der Waals surface area contributed by atoms with Gasteiger partial charge in [0.1, 0.15) is 6.29 Å². The van der Waals surface area contributed by atoms with Gasteiger partial charge in [-0.1, -0.05) is 137 Å². The Morgan fingerprint density at radius 1 is 0.587 bits per heavy atom. The largest absolute Gasteiger partial charge is 0.495 e. The molecule has 1 fully saturated rings. The molecule has 0 aromatic heterocycles. The molecule has 6 N–H and O–H groups in total. The average molecular weight is 1300 g/mol. The van der Waals surface area contributed by atoms with Crippen molar-refractivity contribution in [3.63, 3.8) is 0 Å². The van der Waals surface area contributed by atoms with Crippen LogP contribution in [0.4, 0.5) is 0 Å². The van der Waals surface area contributed by atoms with Crippen LogP contribution in [0.15, 0.2) is 136 Å². The van der Waals surface area contributed by atoms with E-state index in [1.54, 1.807) is 71.6 Å². The Morgan fingerprint density at radius 2 is 0.978 bits per heavy atom. The van der Waals surface area contributed by atoms with E-state index in [1.165, 1.54) is 46.6 Å². The van der Waals surface area contributed by atoms with Crippen LogP contribution in [0, 0.1) is 52.4 Å². The number of fused-ring (bicyclic) bond motifs is 1. The number of nitrogens with one attached hydrogen (secondary N) is 3. The fourth-order valence-electron chi connectivity index (χ4n) is 10.9. The Kier molecular flexibility index (Phi) is 23.1. The number of nitrogens with zero attached hydrogens (tertiary/aromatic N) is 4. The molecule has 0 saturated carbocycles. The van der Waals surface area contributed by atoms with Gasteiger partial charge in [-0.2, -0.15) is 14.3 Å². The summed E-state index contributed by atoms with van der Waals surface area (Å²) in [5.74, 6) is 3.20. The summed E-state index contributed by atoms with van der Waals surface area (Å²) in [6.45, 7) is 35.3. The van der Waals surface area contributed by atoms with Gasteiger partial charge < -0.3 is 14.3 Å². The first-order valence-electron chi connectivity index (χ1n) is 30.4. The molecule has 2 aliphatic rings. The van der Waals surface area contributed by atoms with E-state index in [0.717, 1.165) is 39.7 Å². The van der Waals surface area contributed by atoms with Gasteiger partial charge in [-0.3, -0.25) is 40.7 Å². The molecule has 92 heavy (non-hydrogen) atoms. The normalized spacial score (nSPS) is 14.9. The molecule has 2 aliphatic heterocycles. The number of benzene rings is 6. The maximum absolute atomic E-state index is 13.8. The summed E-state index contributed by atoms with van der Waals surface area (Å²) in [5.41, 5.74) is 12.5. The van der Waals surface area contributed by atoms with Gasteiger partial charge in [-0.25, -0.2) is 26.9 Å². The molecule has 490 valence electrons. The summed E-state index contributed by atoms with van der Waals surface area (Å²) in [7, 11) is -10.1. The maximum Gasteiger partial charge on any atom is 0.495 e. The minimum atomic E-state index is -4.17. The van der Waals surface area contributed by atoms with Gasteiger partial charge in [0.2, 0.25) is 0 Å². The van der Waals surface area contributed by atoms with Gasteiger partial charge in [-0.15, -0.1) is 0 Å². The smallest absolute Gasteiger partial charge is 0.427 e. The standard InChI is InChI=1S/C31H37BN4O5S.C30H41BN2O5.C7H10N2O2S/c1-8-28(31(5,6)7)35(30(38)25-16-21(3)15-22(4)17-25)34-29(37)23-11-12-24-19-33-36(32(39)27(24)18-23)42(40,41)26-13-9-20(2)10-14-26;1-11-25(28(4,5)6)33(27(36)23-15-19(2)14-20(3)16-23)32-26(35)21-12-13-22(18-34)24(17-21)31-37-29(7,8)30(9,10)38-31;1-6-2-4-7(5-3-6)12(10,11)9-8/h9-19,28,39H,8H2,1-7H3,(H,34,37);12-18,25H,11H2,1-10H3,(H,32,35);2-5,9H,8H2,1H3/t28-;25-;/m11./s1. The Labute approximate surface area is 544 Å². The quantitative estimate of drug-likeness (QED) is 0.0295. The van der Waals surface area contributed by atoms with Crippen molar-refractivity contribution in [1.29, 1.82) is 0 Å². The number of hydrogen-bond donors (Lipinski definition) is 5. The molecule has 24 heteroatoms. The first kappa shape index (κ1) is 73.2. The van der Waals surface area contributed by atoms with Crippen molar-refractivity contribution in [2.24, 2.45) is 21.8 Å². The van der Waals surface area contributed by atoms with Crippen LogP contribution < -0.4 is 32.5 Å². The predicted molar refractivity (Wildman–Crippen MR) is 361 cm³/mol. The van der Waals surface area contributed by atoms with Crippen LogP contribution in [0.1, 0.15) is 187 Å². The Balaban J connectivity index is 0.000000248. The predicted octanol–water partition coefficient (Wildman–Crippen LogP) is 9.12. The Morgan fingerprint density at radius 3 is 1.36 bits per heavy atom. The highest BCUT2D eigenvalue weighted by Crippen LogP contribution is 2.37. The number of rotatable bonds is 14. The van der Waals surface area contributed by atoms with E-state index in [1.807, 2.05) is 149 Å². The van der Waals surface area contributed by atoms with E-state index in [-0.39, 0.29) is 55.5 Å². The number of sulfonamides is 2. The third-order valence-corrected chi connectivity index (χ3v) is 19.3. The van der Waals surface area contributed by atoms with E-state index in [9.17, 15) is 45.8 Å². The second-order valence-electron chi connectivity index (χ2n) is 26.6. The minimum Gasteiger partial charge on any atom is -0.427 e. The molecule has 0 spiro atoms. The number of hydrazine groups is 3. The summed E-state index contributed by atoms with van der Waals surface area (Å²) in [6.07, 6.45) is 3.29. The number of carbonyl (C=O) groups is 5.